The van der Waals surface area contributed by atoms with E-state index in [1.165, 1.54) is 0 Å². The van der Waals surface area contributed by atoms with Crippen molar-refractivity contribution in [2.75, 3.05) is 30.8 Å². The lowest BCUT2D eigenvalue weighted by Crippen LogP contribution is -2.44. The molecule has 1 aromatic carbocycles. The molecule has 0 aromatic heterocycles. The van der Waals surface area contributed by atoms with E-state index in [0.29, 0.717) is 11.4 Å². The fourth-order valence-corrected chi connectivity index (χ4v) is 2.65. The van der Waals surface area contributed by atoms with Crippen LogP contribution in [0.15, 0.2) is 24.3 Å². The van der Waals surface area contributed by atoms with Gasteiger partial charge in [-0.1, -0.05) is 0 Å². The summed E-state index contributed by atoms with van der Waals surface area (Å²) in [6.45, 7) is 3.79. The average Bonchev–Trinajstić information content (AvgIpc) is 2.51. The number of anilines is 2. The van der Waals surface area contributed by atoms with Gasteiger partial charge in [0.15, 0.2) is 0 Å². The molecular weight excluding hydrogens is 306 g/mol. The Hall–Kier alpha value is -2.12. The first kappa shape index (κ1) is 18.2. The first-order valence-electron chi connectivity index (χ1n) is 8.34. The van der Waals surface area contributed by atoms with Crippen LogP contribution < -0.4 is 21.7 Å². The third kappa shape index (κ3) is 6.17. The Bertz CT molecular complexity index is 551. The monoisotopic (exact) mass is 333 g/mol. The lowest BCUT2D eigenvalue weighted by Gasteiger charge is -2.29. The molecule has 5 N–H and O–H groups in total. The molecule has 3 amide bonds. The van der Waals surface area contributed by atoms with Crippen LogP contribution in [0.25, 0.3) is 0 Å². The first-order valence-corrected chi connectivity index (χ1v) is 8.34. The third-order valence-electron chi connectivity index (χ3n) is 3.99. The summed E-state index contributed by atoms with van der Waals surface area (Å²) in [4.78, 5) is 25.9. The molecule has 0 bridgehead atoms. The highest BCUT2D eigenvalue weighted by Gasteiger charge is 2.18. The molecule has 0 radical (unpaired) electrons. The second kappa shape index (κ2) is 8.65. The molecule has 1 atom stereocenters. The minimum atomic E-state index is -0.196. The van der Waals surface area contributed by atoms with Gasteiger partial charge in [0.1, 0.15) is 0 Å². The number of piperidine rings is 1. The molecule has 0 aliphatic carbocycles. The maximum Gasteiger partial charge on any atom is 0.319 e. The number of likely N-dealkylation sites (tertiary alicyclic amines) is 1. The normalized spacial score (nSPS) is 17.1. The number of nitrogens with two attached hydrogens (primary N) is 1. The number of benzene rings is 1. The van der Waals surface area contributed by atoms with Crippen molar-refractivity contribution in [1.82, 2.24) is 10.2 Å². The van der Waals surface area contributed by atoms with Crippen LogP contribution in [0.2, 0.25) is 0 Å². The van der Waals surface area contributed by atoms with Crippen LogP contribution in [0, 0.1) is 0 Å². The second-order valence-corrected chi connectivity index (χ2v) is 6.48. The minimum Gasteiger partial charge on any atom is -0.335 e. The van der Waals surface area contributed by atoms with Crippen LogP contribution in [-0.4, -0.2) is 49.1 Å². The molecule has 7 heteroatoms. The van der Waals surface area contributed by atoms with Crippen LogP contribution >= 0.6 is 0 Å². The molecule has 1 aromatic rings. The van der Waals surface area contributed by atoms with Gasteiger partial charge >= 0.3 is 6.03 Å². The predicted octanol–water partition coefficient (Wildman–Crippen LogP) is 1.58. The van der Waals surface area contributed by atoms with Gasteiger partial charge in [0.05, 0.1) is 0 Å². The van der Waals surface area contributed by atoms with Gasteiger partial charge in [0, 0.05) is 29.9 Å². The summed E-state index contributed by atoms with van der Waals surface area (Å²) < 4.78 is 0. The highest BCUT2D eigenvalue weighted by Crippen LogP contribution is 2.14. The van der Waals surface area contributed by atoms with E-state index >= 15 is 0 Å². The SMILES string of the molecule is CC(N)CC(=O)Nc1ccc(NC(=O)NC2CCN(C)CC2)cc1. The van der Waals surface area contributed by atoms with E-state index in [9.17, 15) is 9.59 Å². The number of hydrogen-bond acceptors (Lipinski definition) is 4. The van der Waals surface area contributed by atoms with Crippen LogP contribution in [0.4, 0.5) is 16.2 Å². The van der Waals surface area contributed by atoms with E-state index in [4.69, 9.17) is 5.73 Å². The molecule has 1 heterocycles. The molecule has 0 saturated carbocycles. The van der Waals surface area contributed by atoms with Gasteiger partial charge in [-0.05, 0) is 64.2 Å². The number of urea groups is 1. The van der Waals surface area contributed by atoms with Crippen molar-refractivity contribution in [3.8, 4) is 0 Å². The van der Waals surface area contributed by atoms with Gasteiger partial charge in [0.25, 0.3) is 0 Å². The van der Waals surface area contributed by atoms with Crippen LogP contribution in [0.3, 0.4) is 0 Å². The zero-order valence-corrected chi connectivity index (χ0v) is 14.3. The van der Waals surface area contributed by atoms with Gasteiger partial charge in [0.2, 0.25) is 5.91 Å². The summed E-state index contributed by atoms with van der Waals surface area (Å²) in [6.07, 6.45) is 2.21. The minimum absolute atomic E-state index is 0.120. The van der Waals surface area contributed by atoms with Crippen molar-refractivity contribution in [2.24, 2.45) is 5.73 Å². The zero-order chi connectivity index (χ0) is 17.5. The van der Waals surface area contributed by atoms with Crippen molar-refractivity contribution in [1.29, 1.82) is 0 Å². The summed E-state index contributed by atoms with van der Waals surface area (Å²) >= 11 is 0. The van der Waals surface area contributed by atoms with Crippen molar-refractivity contribution in [3.63, 3.8) is 0 Å². The van der Waals surface area contributed by atoms with E-state index < -0.39 is 0 Å². The Labute approximate surface area is 143 Å². The highest BCUT2D eigenvalue weighted by molar-refractivity contribution is 5.92. The Balaban J connectivity index is 1.78. The van der Waals surface area contributed by atoms with E-state index in [0.717, 1.165) is 25.9 Å². The molecule has 24 heavy (non-hydrogen) atoms. The van der Waals surface area contributed by atoms with E-state index in [2.05, 4.69) is 27.9 Å². The lowest BCUT2D eigenvalue weighted by atomic mass is 10.1. The first-order chi connectivity index (χ1) is 11.4. The van der Waals surface area contributed by atoms with Crippen molar-refractivity contribution >= 4 is 23.3 Å². The molecule has 2 rings (SSSR count). The van der Waals surface area contributed by atoms with E-state index in [-0.39, 0.29) is 30.4 Å². The quantitative estimate of drug-likeness (QED) is 0.657. The van der Waals surface area contributed by atoms with Crippen LogP contribution in [0.5, 0.6) is 0 Å². The molecule has 1 saturated heterocycles. The topological polar surface area (TPSA) is 99.5 Å². The molecule has 132 valence electrons. The summed E-state index contributed by atoms with van der Waals surface area (Å²) in [7, 11) is 2.09. The number of hydrogen-bond donors (Lipinski definition) is 4. The van der Waals surface area contributed by atoms with Gasteiger partial charge in [-0.3, -0.25) is 4.79 Å². The molecule has 1 aliphatic heterocycles. The highest BCUT2D eigenvalue weighted by atomic mass is 16.2. The van der Waals surface area contributed by atoms with Crippen molar-refractivity contribution in [2.45, 2.75) is 38.3 Å². The van der Waals surface area contributed by atoms with Crippen molar-refractivity contribution < 1.29 is 9.59 Å². The number of carbonyl (C=O) groups excluding carboxylic acids is 2. The maximum absolute atomic E-state index is 12.0. The Morgan fingerprint density at radius 3 is 2.25 bits per heavy atom. The van der Waals surface area contributed by atoms with Crippen LogP contribution in [0.1, 0.15) is 26.2 Å². The lowest BCUT2D eigenvalue weighted by molar-refractivity contribution is -0.116. The van der Waals surface area contributed by atoms with Gasteiger partial charge in [-0.15, -0.1) is 0 Å². The summed E-state index contributed by atoms with van der Waals surface area (Å²) in [5.41, 5.74) is 6.96. The van der Waals surface area contributed by atoms with E-state index in [1.54, 1.807) is 31.2 Å². The molecule has 1 aliphatic rings. The summed E-state index contributed by atoms with van der Waals surface area (Å²) in [5, 5.41) is 8.58. The smallest absolute Gasteiger partial charge is 0.319 e. The molecule has 7 nitrogen and oxygen atoms in total. The predicted molar refractivity (Wildman–Crippen MR) is 96.0 cm³/mol. The van der Waals surface area contributed by atoms with Gasteiger partial charge in [-0.2, -0.15) is 0 Å². The fourth-order valence-electron chi connectivity index (χ4n) is 2.65. The Kier molecular flexibility index (Phi) is 6.57. The Morgan fingerprint density at radius 1 is 1.17 bits per heavy atom. The Morgan fingerprint density at radius 2 is 1.71 bits per heavy atom. The standard InChI is InChI=1S/C17H27N5O2/c1-12(18)11-16(23)19-13-3-5-14(6-4-13)20-17(24)21-15-7-9-22(2)10-8-15/h3-6,12,15H,7-11,18H2,1-2H3,(H,19,23)(H2,20,21,24). The number of amides is 3. The fraction of sp³-hybridized carbons (Fsp3) is 0.529. The molecular formula is C17H27N5O2. The van der Waals surface area contributed by atoms with Gasteiger partial charge < -0.3 is 26.6 Å². The summed E-state index contributed by atoms with van der Waals surface area (Å²) in [6, 6.07) is 6.88. The molecule has 0 spiro atoms. The molecule has 1 fully saturated rings. The number of rotatable bonds is 5. The average molecular weight is 333 g/mol. The second-order valence-electron chi connectivity index (χ2n) is 6.48. The van der Waals surface area contributed by atoms with Gasteiger partial charge in [-0.25, -0.2) is 4.79 Å². The molecule has 1 unspecified atom stereocenters. The van der Waals surface area contributed by atoms with Crippen LogP contribution in [-0.2, 0) is 4.79 Å². The summed E-state index contributed by atoms with van der Waals surface area (Å²) in [5.74, 6) is -0.120. The third-order valence-corrected chi connectivity index (χ3v) is 3.99. The van der Waals surface area contributed by atoms with Crippen molar-refractivity contribution in [3.05, 3.63) is 24.3 Å². The van der Waals surface area contributed by atoms with E-state index in [1.807, 2.05) is 0 Å². The zero-order valence-electron chi connectivity index (χ0n) is 14.3. The largest absolute Gasteiger partial charge is 0.335 e. The number of nitrogens with one attached hydrogen (secondary N) is 3. The number of nitrogens with zero attached hydrogens (tertiary/aromatic N) is 1. The number of carbonyl (C=O) groups is 2. The maximum atomic E-state index is 12.0.